The molecule has 0 fully saturated rings. The zero-order valence-electron chi connectivity index (χ0n) is 15.5. The quantitative estimate of drug-likeness (QED) is 0.778. The van der Waals surface area contributed by atoms with Crippen molar-refractivity contribution in [1.29, 1.82) is 0 Å². The number of Topliss-reactive ketones (excluding diaryl/α,β-unsaturated/α-hetero) is 1. The summed E-state index contributed by atoms with van der Waals surface area (Å²) in [4.78, 5) is 12.5. The number of benzene rings is 2. The van der Waals surface area contributed by atoms with Gasteiger partial charge < -0.3 is 20.1 Å². The number of allylic oxidation sites excluding steroid dienone is 1. The van der Waals surface area contributed by atoms with Gasteiger partial charge in [0.25, 0.3) is 0 Å². The molecule has 0 amide bonds. The van der Waals surface area contributed by atoms with Crippen molar-refractivity contribution in [2.24, 2.45) is 5.92 Å². The number of carbonyl (C=O) groups is 1. The van der Waals surface area contributed by atoms with Gasteiger partial charge in [-0.2, -0.15) is 0 Å². The number of carbonyl (C=O) groups excluding carboxylic acids is 1. The van der Waals surface area contributed by atoms with E-state index in [2.05, 4.69) is 0 Å². The summed E-state index contributed by atoms with van der Waals surface area (Å²) in [5, 5.41) is 32.6. The maximum Gasteiger partial charge on any atom is 0.169 e. The van der Waals surface area contributed by atoms with Gasteiger partial charge in [0.15, 0.2) is 5.78 Å². The number of hydrogen-bond acceptors (Lipinski definition) is 5. The Morgan fingerprint density at radius 3 is 2.50 bits per heavy atom. The summed E-state index contributed by atoms with van der Waals surface area (Å²) in [6.07, 6.45) is 3.87. The Kier molecular flexibility index (Phi) is 4.44. The Bertz CT molecular complexity index is 922. The van der Waals surface area contributed by atoms with E-state index < -0.39 is 5.60 Å². The monoisotopic (exact) mass is 356 g/mol. The van der Waals surface area contributed by atoms with E-state index in [0.717, 1.165) is 0 Å². The van der Waals surface area contributed by atoms with E-state index in [1.54, 1.807) is 25.1 Å². The molecule has 0 aliphatic heterocycles. The van der Waals surface area contributed by atoms with Crippen LogP contribution in [0, 0.1) is 5.92 Å². The van der Waals surface area contributed by atoms with Crippen molar-refractivity contribution in [3.8, 4) is 17.2 Å². The van der Waals surface area contributed by atoms with Crippen molar-refractivity contribution >= 4 is 22.6 Å². The second kappa shape index (κ2) is 6.32. The molecule has 3 rings (SSSR count). The molecule has 3 N–H and O–H groups in total. The Labute approximate surface area is 152 Å². The summed E-state index contributed by atoms with van der Waals surface area (Å²) in [7, 11) is 1.51. The maximum atomic E-state index is 12.5. The minimum absolute atomic E-state index is 0.0594. The maximum absolute atomic E-state index is 12.5. The van der Waals surface area contributed by atoms with Gasteiger partial charge in [0.1, 0.15) is 17.2 Å². The lowest BCUT2D eigenvalue weighted by molar-refractivity contribution is 0.0409. The molecule has 26 heavy (non-hydrogen) atoms. The molecular weight excluding hydrogens is 332 g/mol. The molecule has 0 saturated heterocycles. The molecule has 5 heteroatoms. The van der Waals surface area contributed by atoms with Crippen LogP contribution in [0.25, 0.3) is 16.8 Å². The van der Waals surface area contributed by atoms with Gasteiger partial charge in [-0.1, -0.05) is 26.0 Å². The number of phenolic OH excluding ortho intramolecular Hbond substituents is 2. The molecule has 0 aromatic heterocycles. The van der Waals surface area contributed by atoms with E-state index in [1.165, 1.54) is 7.11 Å². The van der Waals surface area contributed by atoms with Gasteiger partial charge in [0.05, 0.1) is 29.2 Å². The zero-order valence-corrected chi connectivity index (χ0v) is 15.5. The van der Waals surface area contributed by atoms with E-state index in [4.69, 9.17) is 4.74 Å². The average molecular weight is 356 g/mol. The Hall–Kier alpha value is -2.53. The van der Waals surface area contributed by atoms with Gasteiger partial charge in [-0.05, 0) is 35.9 Å². The first-order valence-electron chi connectivity index (χ1n) is 8.67. The van der Waals surface area contributed by atoms with E-state index in [-0.39, 0.29) is 47.0 Å². The third kappa shape index (κ3) is 3.03. The predicted octanol–water partition coefficient (Wildman–Crippen LogP) is 3.81. The number of aliphatic hydroxyl groups is 1. The van der Waals surface area contributed by atoms with E-state index in [1.807, 2.05) is 19.9 Å². The second-order valence-corrected chi connectivity index (χ2v) is 7.58. The highest BCUT2D eigenvalue weighted by atomic mass is 16.5. The normalized spacial score (nSPS) is 20.2. The summed E-state index contributed by atoms with van der Waals surface area (Å²) in [6.45, 7) is 5.63. The fourth-order valence-corrected chi connectivity index (χ4v) is 3.56. The average Bonchev–Trinajstić information content (AvgIpc) is 2.51. The molecule has 0 saturated carbocycles. The molecule has 0 spiro atoms. The molecule has 2 aromatic rings. The highest BCUT2D eigenvalue weighted by Gasteiger charge is 2.36. The van der Waals surface area contributed by atoms with Crippen LogP contribution in [0.1, 0.15) is 48.7 Å². The number of ether oxygens (including phenoxy) is 1. The number of aromatic hydroxyl groups is 2. The molecule has 0 bridgehead atoms. The van der Waals surface area contributed by atoms with Gasteiger partial charge in [-0.15, -0.1) is 0 Å². The highest BCUT2D eigenvalue weighted by molar-refractivity contribution is 6.10. The van der Waals surface area contributed by atoms with E-state index >= 15 is 0 Å². The lowest BCUT2D eigenvalue weighted by Gasteiger charge is -2.30. The largest absolute Gasteiger partial charge is 0.506 e. The highest BCUT2D eigenvalue weighted by Crippen LogP contribution is 2.46. The number of methoxy groups -OCH3 is 1. The number of ketones is 1. The molecule has 0 heterocycles. The van der Waals surface area contributed by atoms with Crippen LogP contribution in [0.15, 0.2) is 18.2 Å². The fraction of sp³-hybridized carbons (Fsp3) is 0.381. The SMILES string of the molecule is COc1cc2cc3c(c(O)c2c(O)c1C=CC(C)C)C(=O)CC(C)(O)C3. The molecule has 0 radical (unpaired) electrons. The molecule has 1 unspecified atom stereocenters. The number of hydrogen-bond donors (Lipinski definition) is 3. The Balaban J connectivity index is 2.33. The van der Waals surface area contributed by atoms with Crippen LogP contribution in [0.3, 0.4) is 0 Å². The molecule has 2 aromatic carbocycles. The molecular formula is C21H24O5. The van der Waals surface area contributed by atoms with Crippen molar-refractivity contribution < 1.29 is 24.9 Å². The summed E-state index contributed by atoms with van der Waals surface area (Å²) < 4.78 is 5.40. The van der Waals surface area contributed by atoms with E-state index in [9.17, 15) is 20.1 Å². The van der Waals surface area contributed by atoms with Crippen LogP contribution >= 0.6 is 0 Å². The molecule has 1 aliphatic rings. The van der Waals surface area contributed by atoms with Gasteiger partial charge >= 0.3 is 0 Å². The zero-order chi connectivity index (χ0) is 19.2. The first kappa shape index (κ1) is 18.3. The Morgan fingerprint density at radius 1 is 1.19 bits per heavy atom. The van der Waals surface area contributed by atoms with Crippen LogP contribution in [-0.4, -0.2) is 33.8 Å². The van der Waals surface area contributed by atoms with Crippen LogP contribution in [-0.2, 0) is 6.42 Å². The lowest BCUT2D eigenvalue weighted by Crippen LogP contribution is -2.35. The molecule has 1 aliphatic carbocycles. The van der Waals surface area contributed by atoms with Gasteiger partial charge in [-0.3, -0.25) is 4.79 Å². The topological polar surface area (TPSA) is 87.0 Å². The van der Waals surface area contributed by atoms with E-state index in [0.29, 0.717) is 22.3 Å². The van der Waals surface area contributed by atoms with Crippen molar-refractivity contribution in [2.75, 3.05) is 7.11 Å². The fourth-order valence-electron chi connectivity index (χ4n) is 3.56. The molecule has 1 atom stereocenters. The minimum Gasteiger partial charge on any atom is -0.506 e. The second-order valence-electron chi connectivity index (χ2n) is 7.58. The summed E-state index contributed by atoms with van der Waals surface area (Å²) >= 11 is 0. The number of rotatable bonds is 3. The number of phenols is 2. The Morgan fingerprint density at radius 2 is 1.88 bits per heavy atom. The molecule has 5 nitrogen and oxygen atoms in total. The summed E-state index contributed by atoms with van der Waals surface area (Å²) in [5.74, 6) is 0.0556. The van der Waals surface area contributed by atoms with Crippen LogP contribution in [0.2, 0.25) is 0 Å². The van der Waals surface area contributed by atoms with Gasteiger partial charge in [0.2, 0.25) is 0 Å². The van der Waals surface area contributed by atoms with Crippen LogP contribution in [0.4, 0.5) is 0 Å². The van der Waals surface area contributed by atoms with Crippen molar-refractivity contribution in [1.82, 2.24) is 0 Å². The summed E-state index contributed by atoms with van der Waals surface area (Å²) in [6, 6.07) is 3.46. The first-order valence-corrected chi connectivity index (χ1v) is 8.67. The summed E-state index contributed by atoms with van der Waals surface area (Å²) in [5.41, 5.74) is 0.0710. The van der Waals surface area contributed by atoms with Gasteiger partial charge in [0, 0.05) is 12.8 Å². The minimum atomic E-state index is -1.14. The van der Waals surface area contributed by atoms with Crippen LogP contribution < -0.4 is 4.74 Å². The smallest absolute Gasteiger partial charge is 0.169 e. The molecule has 138 valence electrons. The van der Waals surface area contributed by atoms with Crippen LogP contribution in [0.5, 0.6) is 17.2 Å². The van der Waals surface area contributed by atoms with Crippen molar-refractivity contribution in [3.63, 3.8) is 0 Å². The van der Waals surface area contributed by atoms with Crippen molar-refractivity contribution in [2.45, 2.75) is 39.2 Å². The van der Waals surface area contributed by atoms with Crippen molar-refractivity contribution in [3.05, 3.63) is 34.9 Å². The van der Waals surface area contributed by atoms with Gasteiger partial charge in [-0.25, -0.2) is 0 Å². The third-order valence-corrected chi connectivity index (χ3v) is 4.72. The standard InChI is InChI=1S/C21H24O5/c1-11(2)5-6-14-16(26-4)8-12-7-13-9-21(3,25)10-15(22)17(13)20(24)18(12)19(14)23/h5-8,11,23-25H,9-10H2,1-4H3. The first-order chi connectivity index (χ1) is 12.1. The predicted molar refractivity (Wildman–Crippen MR) is 101 cm³/mol. The lowest BCUT2D eigenvalue weighted by atomic mass is 9.79. The third-order valence-electron chi connectivity index (χ3n) is 4.72. The number of fused-ring (bicyclic) bond motifs is 2.